The van der Waals surface area contributed by atoms with E-state index in [-0.39, 0.29) is 11.5 Å². The molecule has 0 aliphatic carbocycles. The quantitative estimate of drug-likeness (QED) is 0.796. The van der Waals surface area contributed by atoms with Crippen LogP contribution in [0.2, 0.25) is 5.02 Å². The van der Waals surface area contributed by atoms with E-state index in [1.54, 1.807) is 55.6 Å². The van der Waals surface area contributed by atoms with Gasteiger partial charge < -0.3 is 4.74 Å². The zero-order valence-corrected chi connectivity index (χ0v) is 12.4. The fourth-order valence-corrected chi connectivity index (χ4v) is 2.99. The van der Waals surface area contributed by atoms with Crippen molar-refractivity contribution in [3.05, 3.63) is 59.1 Å². The molecule has 1 atom stereocenters. The number of ether oxygens (including phenoxy) is 1. The Bertz CT molecular complexity index is 638. The van der Waals surface area contributed by atoms with Crippen molar-refractivity contribution in [2.24, 2.45) is 0 Å². The van der Waals surface area contributed by atoms with Gasteiger partial charge >= 0.3 is 0 Å². The Morgan fingerprint density at radius 1 is 1.20 bits per heavy atom. The molecule has 5 heteroatoms. The predicted octanol–water partition coefficient (Wildman–Crippen LogP) is 3.34. The minimum atomic E-state index is -1.40. The molecule has 0 bridgehead atoms. The summed E-state index contributed by atoms with van der Waals surface area (Å²) in [7, 11) is 0.164. The lowest BCUT2D eigenvalue weighted by atomic mass is 10.1. The monoisotopic (exact) mass is 308 g/mol. The van der Waals surface area contributed by atoms with Crippen LogP contribution in [-0.4, -0.2) is 22.9 Å². The van der Waals surface area contributed by atoms with Crippen molar-refractivity contribution in [3.8, 4) is 5.75 Å². The summed E-state index contributed by atoms with van der Waals surface area (Å²) >= 11 is 5.84. The van der Waals surface area contributed by atoms with Crippen molar-refractivity contribution in [3.63, 3.8) is 0 Å². The number of hydrogen-bond acceptors (Lipinski definition) is 3. The highest BCUT2D eigenvalue weighted by molar-refractivity contribution is 7.85. The van der Waals surface area contributed by atoms with E-state index in [0.29, 0.717) is 21.2 Å². The van der Waals surface area contributed by atoms with Gasteiger partial charge in [0.2, 0.25) is 0 Å². The van der Waals surface area contributed by atoms with E-state index in [1.807, 2.05) is 0 Å². The van der Waals surface area contributed by atoms with Crippen LogP contribution in [0.25, 0.3) is 0 Å². The van der Waals surface area contributed by atoms with Gasteiger partial charge in [0.05, 0.1) is 23.7 Å². The number of carbonyl (C=O) groups is 1. The zero-order chi connectivity index (χ0) is 14.5. The van der Waals surface area contributed by atoms with Gasteiger partial charge in [-0.1, -0.05) is 17.7 Å². The second kappa shape index (κ2) is 6.68. The van der Waals surface area contributed by atoms with E-state index in [1.165, 1.54) is 0 Å². The van der Waals surface area contributed by atoms with Crippen LogP contribution in [0, 0.1) is 0 Å². The summed E-state index contributed by atoms with van der Waals surface area (Å²) in [6.07, 6.45) is 0. The Labute approximate surface area is 125 Å². The van der Waals surface area contributed by atoms with Gasteiger partial charge in [-0.25, -0.2) is 0 Å². The Kier molecular flexibility index (Phi) is 4.93. The number of hydrogen-bond donors (Lipinski definition) is 0. The molecule has 2 aromatic carbocycles. The molecule has 0 aliphatic heterocycles. The topological polar surface area (TPSA) is 43.4 Å². The molecule has 0 aliphatic rings. The van der Waals surface area contributed by atoms with E-state index in [9.17, 15) is 9.00 Å². The van der Waals surface area contributed by atoms with E-state index >= 15 is 0 Å². The van der Waals surface area contributed by atoms with Gasteiger partial charge in [0.15, 0.2) is 5.78 Å². The lowest BCUT2D eigenvalue weighted by molar-refractivity contribution is 0.102. The number of ketones is 1. The third kappa shape index (κ3) is 3.68. The van der Waals surface area contributed by atoms with Crippen LogP contribution in [0.5, 0.6) is 5.75 Å². The Hall–Kier alpha value is -1.65. The molecule has 0 saturated carbocycles. The first-order chi connectivity index (χ1) is 9.60. The molecule has 0 amide bonds. The van der Waals surface area contributed by atoms with Crippen molar-refractivity contribution in [1.82, 2.24) is 0 Å². The number of carbonyl (C=O) groups excluding carboxylic acids is 1. The molecule has 0 aromatic heterocycles. The zero-order valence-electron chi connectivity index (χ0n) is 10.8. The van der Waals surface area contributed by atoms with E-state index < -0.39 is 10.8 Å². The molecule has 0 N–H and O–H groups in total. The standard InChI is InChI=1S/C15H13ClO3S/c1-19-13-7-5-11(6-8-13)15(17)10-20(18)14-4-2-3-12(16)9-14/h2-9H,10H2,1H3. The molecule has 104 valence electrons. The van der Waals surface area contributed by atoms with E-state index in [4.69, 9.17) is 16.3 Å². The highest BCUT2D eigenvalue weighted by atomic mass is 35.5. The molecule has 20 heavy (non-hydrogen) atoms. The smallest absolute Gasteiger partial charge is 0.175 e. The van der Waals surface area contributed by atoms with Crippen LogP contribution in [0.3, 0.4) is 0 Å². The third-order valence-corrected chi connectivity index (χ3v) is 4.27. The molecule has 0 saturated heterocycles. The fourth-order valence-electron chi connectivity index (χ4n) is 1.67. The Balaban J connectivity index is 2.08. The molecular formula is C15H13ClO3S. The van der Waals surface area contributed by atoms with Crippen molar-refractivity contribution in [2.45, 2.75) is 4.90 Å². The maximum absolute atomic E-state index is 12.1. The van der Waals surface area contributed by atoms with Gasteiger partial charge in [-0.2, -0.15) is 0 Å². The highest BCUT2D eigenvalue weighted by Gasteiger charge is 2.12. The van der Waals surface area contributed by atoms with Gasteiger partial charge in [0.1, 0.15) is 5.75 Å². The molecular weight excluding hydrogens is 296 g/mol. The summed E-state index contributed by atoms with van der Waals surface area (Å²) in [6.45, 7) is 0. The van der Waals surface area contributed by atoms with Crippen molar-refractivity contribution in [1.29, 1.82) is 0 Å². The number of rotatable bonds is 5. The highest BCUT2D eigenvalue weighted by Crippen LogP contribution is 2.16. The van der Waals surface area contributed by atoms with Gasteiger partial charge in [-0.15, -0.1) is 0 Å². The second-order valence-corrected chi connectivity index (χ2v) is 5.99. The molecule has 0 heterocycles. The second-order valence-electron chi connectivity index (χ2n) is 4.10. The Morgan fingerprint density at radius 3 is 2.50 bits per heavy atom. The SMILES string of the molecule is COc1ccc(C(=O)CS(=O)c2cccc(Cl)c2)cc1. The fraction of sp³-hybridized carbons (Fsp3) is 0.133. The van der Waals surface area contributed by atoms with Crippen LogP contribution < -0.4 is 4.74 Å². The number of Topliss-reactive ketones (excluding diaryl/α,β-unsaturated/α-hetero) is 1. The molecule has 1 unspecified atom stereocenters. The van der Waals surface area contributed by atoms with Gasteiger partial charge in [-0.3, -0.25) is 9.00 Å². The first-order valence-electron chi connectivity index (χ1n) is 5.91. The van der Waals surface area contributed by atoms with E-state index in [0.717, 1.165) is 0 Å². The normalized spacial score (nSPS) is 11.9. The molecule has 0 fully saturated rings. The first-order valence-corrected chi connectivity index (χ1v) is 7.61. The lowest BCUT2D eigenvalue weighted by Crippen LogP contribution is -2.11. The van der Waals surface area contributed by atoms with Crippen LogP contribution in [0.15, 0.2) is 53.4 Å². The third-order valence-electron chi connectivity index (χ3n) is 2.73. The van der Waals surface area contributed by atoms with Gasteiger partial charge in [-0.05, 0) is 42.5 Å². The van der Waals surface area contributed by atoms with Crippen LogP contribution in [0.4, 0.5) is 0 Å². The summed E-state index contributed by atoms with van der Waals surface area (Å²) in [6, 6.07) is 13.5. The molecule has 2 rings (SSSR count). The van der Waals surface area contributed by atoms with E-state index in [2.05, 4.69) is 0 Å². The predicted molar refractivity (Wildman–Crippen MR) is 80.1 cm³/mol. The average molecular weight is 309 g/mol. The lowest BCUT2D eigenvalue weighted by Gasteiger charge is -2.04. The minimum absolute atomic E-state index is 0.0628. The van der Waals surface area contributed by atoms with Crippen LogP contribution in [0.1, 0.15) is 10.4 Å². The van der Waals surface area contributed by atoms with Crippen LogP contribution >= 0.6 is 11.6 Å². The van der Waals surface area contributed by atoms with Gasteiger partial charge in [0, 0.05) is 15.5 Å². The summed E-state index contributed by atoms with van der Waals surface area (Å²) < 4.78 is 17.1. The van der Waals surface area contributed by atoms with Crippen molar-refractivity contribution >= 4 is 28.2 Å². The molecule has 2 aromatic rings. The number of methoxy groups -OCH3 is 1. The maximum atomic E-state index is 12.1. The van der Waals surface area contributed by atoms with Gasteiger partial charge in [0.25, 0.3) is 0 Å². The minimum Gasteiger partial charge on any atom is -0.497 e. The molecule has 3 nitrogen and oxygen atoms in total. The molecule has 0 spiro atoms. The number of halogens is 1. The summed E-state index contributed by atoms with van der Waals surface area (Å²) in [5.41, 5.74) is 0.515. The first kappa shape index (κ1) is 14.8. The average Bonchev–Trinajstić information content (AvgIpc) is 2.47. The largest absolute Gasteiger partial charge is 0.497 e. The Morgan fingerprint density at radius 2 is 1.90 bits per heavy atom. The molecule has 0 radical (unpaired) electrons. The van der Waals surface area contributed by atoms with Crippen molar-refractivity contribution in [2.75, 3.05) is 12.9 Å². The summed E-state index contributed by atoms with van der Waals surface area (Å²) in [4.78, 5) is 12.6. The maximum Gasteiger partial charge on any atom is 0.175 e. The van der Waals surface area contributed by atoms with Crippen molar-refractivity contribution < 1.29 is 13.7 Å². The number of benzene rings is 2. The summed E-state index contributed by atoms with van der Waals surface area (Å²) in [5.74, 6) is 0.440. The summed E-state index contributed by atoms with van der Waals surface area (Å²) in [5, 5.41) is 0.507. The van der Waals surface area contributed by atoms with Crippen LogP contribution in [-0.2, 0) is 10.8 Å².